The number of carbonyl (C=O) groups is 1. The summed E-state index contributed by atoms with van der Waals surface area (Å²) in [4.78, 5) is 15.1. The fourth-order valence-electron chi connectivity index (χ4n) is 6.41. The predicted molar refractivity (Wildman–Crippen MR) is 110 cm³/mol. The van der Waals surface area contributed by atoms with Gasteiger partial charge in [0.1, 0.15) is 17.6 Å². The van der Waals surface area contributed by atoms with Crippen molar-refractivity contribution < 1.29 is 14.3 Å². The van der Waals surface area contributed by atoms with Gasteiger partial charge in [0, 0.05) is 23.6 Å². The van der Waals surface area contributed by atoms with Crippen molar-refractivity contribution in [2.75, 3.05) is 6.54 Å². The number of allylic oxidation sites excluding steroid dienone is 1. The maximum Gasteiger partial charge on any atom is 0.415 e. The Labute approximate surface area is 171 Å². The highest BCUT2D eigenvalue weighted by Gasteiger charge is 2.64. The number of benzene rings is 2. The van der Waals surface area contributed by atoms with E-state index in [1.54, 1.807) is 0 Å². The van der Waals surface area contributed by atoms with Crippen LogP contribution in [0.15, 0.2) is 54.1 Å². The van der Waals surface area contributed by atoms with E-state index < -0.39 is 0 Å². The van der Waals surface area contributed by atoms with Gasteiger partial charge in [0.25, 0.3) is 0 Å². The van der Waals surface area contributed by atoms with Crippen molar-refractivity contribution in [3.8, 4) is 11.5 Å². The van der Waals surface area contributed by atoms with Gasteiger partial charge >= 0.3 is 6.09 Å². The first-order valence-corrected chi connectivity index (χ1v) is 10.6. The summed E-state index contributed by atoms with van der Waals surface area (Å²) in [6.45, 7) is 5.07. The molecule has 2 aromatic carbocycles. The predicted octanol–water partition coefficient (Wildman–Crippen LogP) is 4.79. The molecule has 4 nitrogen and oxygen atoms in total. The molecule has 0 N–H and O–H groups in total. The molecule has 2 heterocycles. The second-order valence-electron chi connectivity index (χ2n) is 8.97. The van der Waals surface area contributed by atoms with Crippen molar-refractivity contribution in [1.29, 1.82) is 0 Å². The topological polar surface area (TPSA) is 38.8 Å². The van der Waals surface area contributed by atoms with E-state index in [-0.39, 0.29) is 23.7 Å². The molecule has 1 amide bonds. The van der Waals surface area contributed by atoms with Crippen LogP contribution in [0.1, 0.15) is 36.5 Å². The van der Waals surface area contributed by atoms with Gasteiger partial charge in [-0.2, -0.15) is 0 Å². The van der Waals surface area contributed by atoms with E-state index in [0.29, 0.717) is 18.2 Å². The second-order valence-corrected chi connectivity index (χ2v) is 8.97. The van der Waals surface area contributed by atoms with Crippen LogP contribution in [0.5, 0.6) is 11.5 Å². The van der Waals surface area contributed by atoms with Gasteiger partial charge in [-0.3, -0.25) is 0 Å². The molecule has 4 aliphatic rings. The first-order chi connectivity index (χ1) is 14.1. The molecule has 1 spiro atoms. The molecule has 2 aliphatic heterocycles. The lowest BCUT2D eigenvalue weighted by molar-refractivity contribution is -0.0101. The molecule has 0 aromatic heterocycles. The zero-order valence-electron chi connectivity index (χ0n) is 16.9. The Hall–Kier alpha value is -2.75. The van der Waals surface area contributed by atoms with E-state index in [4.69, 9.17) is 9.47 Å². The van der Waals surface area contributed by atoms with Crippen molar-refractivity contribution in [2.45, 2.75) is 50.7 Å². The highest BCUT2D eigenvalue weighted by Crippen LogP contribution is 2.62. The highest BCUT2D eigenvalue weighted by atomic mass is 16.6. The monoisotopic (exact) mass is 387 g/mol. The Kier molecular flexibility index (Phi) is 3.48. The summed E-state index contributed by atoms with van der Waals surface area (Å²) in [7, 11) is 0. The van der Waals surface area contributed by atoms with Crippen molar-refractivity contribution >= 4 is 6.09 Å². The van der Waals surface area contributed by atoms with Gasteiger partial charge in [-0.1, -0.05) is 36.4 Å². The molecule has 4 atom stereocenters. The van der Waals surface area contributed by atoms with Crippen LogP contribution >= 0.6 is 0 Å². The van der Waals surface area contributed by atoms with E-state index in [2.05, 4.69) is 32.1 Å². The lowest BCUT2D eigenvalue weighted by Gasteiger charge is -2.57. The largest absolute Gasteiger partial charge is 0.485 e. The summed E-state index contributed by atoms with van der Waals surface area (Å²) in [6.07, 6.45) is 5.01. The number of ether oxygens (including phenoxy) is 2. The molecule has 29 heavy (non-hydrogen) atoms. The molecule has 2 aromatic rings. The number of hydrogen-bond acceptors (Lipinski definition) is 3. The molecular formula is C25H25NO3. The number of likely N-dealkylation sites (tertiary alicyclic amines) is 1. The van der Waals surface area contributed by atoms with Gasteiger partial charge in [-0.15, -0.1) is 0 Å². The molecule has 0 saturated carbocycles. The summed E-state index contributed by atoms with van der Waals surface area (Å²) in [5, 5.41) is 0. The van der Waals surface area contributed by atoms with E-state index in [0.717, 1.165) is 25.0 Å². The SMILES string of the molecule is CC1=CCC2C3Cc4ccc(C)c5c4C2(CCN3C(=O)Oc2ccccc2)C1O5. The lowest BCUT2D eigenvalue weighted by Crippen LogP contribution is -2.65. The Morgan fingerprint density at radius 1 is 1.17 bits per heavy atom. The molecule has 1 fully saturated rings. The molecule has 2 aliphatic carbocycles. The maximum absolute atomic E-state index is 13.1. The second kappa shape index (κ2) is 5.88. The summed E-state index contributed by atoms with van der Waals surface area (Å²) in [5.74, 6) is 2.09. The molecule has 0 radical (unpaired) electrons. The van der Waals surface area contributed by atoms with E-state index in [9.17, 15) is 4.79 Å². The molecule has 6 rings (SSSR count). The lowest BCUT2D eigenvalue weighted by atomic mass is 9.52. The number of rotatable bonds is 1. The third kappa shape index (κ3) is 2.17. The van der Waals surface area contributed by atoms with Gasteiger partial charge in [-0.25, -0.2) is 4.79 Å². The summed E-state index contributed by atoms with van der Waals surface area (Å²) >= 11 is 0. The highest BCUT2D eigenvalue weighted by molar-refractivity contribution is 5.72. The average molecular weight is 387 g/mol. The van der Waals surface area contributed by atoms with Crippen LogP contribution in [0.25, 0.3) is 0 Å². The molecule has 2 bridgehead atoms. The maximum atomic E-state index is 13.1. The summed E-state index contributed by atoms with van der Waals surface area (Å²) in [5.41, 5.74) is 5.35. The van der Waals surface area contributed by atoms with E-state index in [1.165, 1.54) is 22.3 Å². The minimum Gasteiger partial charge on any atom is -0.485 e. The molecule has 148 valence electrons. The Morgan fingerprint density at radius 3 is 2.83 bits per heavy atom. The number of aryl methyl sites for hydroxylation is 1. The van der Waals surface area contributed by atoms with Crippen LogP contribution in [-0.2, 0) is 11.8 Å². The van der Waals surface area contributed by atoms with Crippen molar-refractivity contribution in [3.63, 3.8) is 0 Å². The van der Waals surface area contributed by atoms with Gasteiger partial charge in [0.2, 0.25) is 0 Å². The molecule has 4 unspecified atom stereocenters. The molecular weight excluding hydrogens is 362 g/mol. The van der Waals surface area contributed by atoms with Crippen LogP contribution < -0.4 is 9.47 Å². The Balaban J connectivity index is 1.43. The Morgan fingerprint density at radius 2 is 2.00 bits per heavy atom. The Bertz CT molecular complexity index is 1040. The smallest absolute Gasteiger partial charge is 0.415 e. The van der Waals surface area contributed by atoms with Crippen LogP contribution in [0.2, 0.25) is 0 Å². The zero-order chi connectivity index (χ0) is 19.8. The number of para-hydroxylation sites is 1. The normalized spacial score (nSPS) is 30.9. The van der Waals surface area contributed by atoms with E-state index >= 15 is 0 Å². The van der Waals surface area contributed by atoms with Gasteiger partial charge in [0.05, 0.1) is 0 Å². The van der Waals surface area contributed by atoms with Crippen molar-refractivity contribution in [1.82, 2.24) is 4.90 Å². The fraction of sp³-hybridized carbons (Fsp3) is 0.400. The van der Waals surface area contributed by atoms with Crippen LogP contribution in [-0.4, -0.2) is 29.7 Å². The zero-order valence-corrected chi connectivity index (χ0v) is 16.9. The number of hydrogen-bond donors (Lipinski definition) is 0. The van der Waals surface area contributed by atoms with Crippen molar-refractivity contribution in [3.05, 3.63) is 70.8 Å². The minimum atomic E-state index is -0.228. The van der Waals surface area contributed by atoms with Crippen LogP contribution in [0.4, 0.5) is 4.79 Å². The number of piperidine rings is 1. The fourth-order valence-corrected chi connectivity index (χ4v) is 6.41. The first kappa shape index (κ1) is 17.1. The van der Waals surface area contributed by atoms with Gasteiger partial charge < -0.3 is 14.4 Å². The third-order valence-corrected chi connectivity index (χ3v) is 7.62. The van der Waals surface area contributed by atoms with E-state index in [1.807, 2.05) is 35.2 Å². The van der Waals surface area contributed by atoms with Gasteiger partial charge in [-0.05, 0) is 67.9 Å². The molecule has 4 heteroatoms. The standard InChI is InChI=1S/C25H25NO3/c1-15-8-10-17-14-20-19-11-9-16(2)23-25(19,21(17)22(15)29-23)12-13-26(20)24(27)28-18-6-4-3-5-7-18/h3-10,19-20,23H,11-14H2,1-2H3. The molecule has 1 saturated heterocycles. The summed E-state index contributed by atoms with van der Waals surface area (Å²) in [6, 6.07) is 14.0. The number of amides is 1. The minimum absolute atomic E-state index is 0.00195. The number of nitrogens with zero attached hydrogens (tertiary/aromatic N) is 1. The number of carbonyl (C=O) groups excluding carboxylic acids is 1. The first-order valence-electron chi connectivity index (χ1n) is 10.6. The van der Waals surface area contributed by atoms with Gasteiger partial charge in [0.15, 0.2) is 0 Å². The van der Waals surface area contributed by atoms with Crippen LogP contribution in [0, 0.1) is 12.8 Å². The third-order valence-electron chi connectivity index (χ3n) is 7.62. The summed E-state index contributed by atoms with van der Waals surface area (Å²) < 4.78 is 12.3. The van der Waals surface area contributed by atoms with Crippen LogP contribution in [0.3, 0.4) is 0 Å². The quantitative estimate of drug-likeness (QED) is 0.661. The van der Waals surface area contributed by atoms with Crippen molar-refractivity contribution in [2.24, 2.45) is 5.92 Å². The average Bonchev–Trinajstić information content (AvgIpc) is 3.07.